The number of carbonyl (C=O) groups excluding carboxylic acids is 1. The molecule has 5 nitrogen and oxygen atoms in total. The van der Waals surface area contributed by atoms with Crippen LogP contribution in [0.25, 0.3) is 0 Å². The molecule has 0 spiro atoms. The minimum atomic E-state index is -0.175. The van der Waals surface area contributed by atoms with E-state index in [1.165, 1.54) is 0 Å². The second-order valence-corrected chi connectivity index (χ2v) is 4.35. The highest BCUT2D eigenvalue weighted by molar-refractivity contribution is 5.94. The van der Waals surface area contributed by atoms with E-state index in [9.17, 15) is 4.79 Å². The van der Waals surface area contributed by atoms with Crippen molar-refractivity contribution in [2.24, 2.45) is 5.92 Å². The Bertz CT molecular complexity index is 478. The highest BCUT2D eigenvalue weighted by atomic mass is 16.2. The number of amides is 1. The minimum absolute atomic E-state index is 0.0981. The van der Waals surface area contributed by atoms with Gasteiger partial charge >= 0.3 is 0 Å². The zero-order valence-corrected chi connectivity index (χ0v) is 11.2. The smallest absolute Gasteiger partial charge is 0.253 e. The molecule has 0 aliphatic carbocycles. The van der Waals surface area contributed by atoms with Crippen LogP contribution in [0.5, 0.6) is 0 Å². The Hall–Kier alpha value is -2.09. The molecule has 18 heavy (non-hydrogen) atoms. The van der Waals surface area contributed by atoms with Gasteiger partial charge in [0, 0.05) is 31.9 Å². The van der Waals surface area contributed by atoms with Gasteiger partial charge in [-0.3, -0.25) is 4.79 Å². The Morgan fingerprint density at radius 3 is 2.83 bits per heavy atom. The number of aromatic nitrogens is 1. The molecule has 1 N–H and O–H groups in total. The van der Waals surface area contributed by atoms with Crippen molar-refractivity contribution in [1.29, 1.82) is 5.26 Å². The minimum Gasteiger partial charge on any atom is -0.373 e. The first-order valence-corrected chi connectivity index (χ1v) is 5.79. The van der Waals surface area contributed by atoms with Gasteiger partial charge in [0.25, 0.3) is 5.91 Å². The summed E-state index contributed by atoms with van der Waals surface area (Å²) < 4.78 is 0. The first-order chi connectivity index (χ1) is 8.47. The number of rotatable bonds is 4. The van der Waals surface area contributed by atoms with Gasteiger partial charge < -0.3 is 10.2 Å². The summed E-state index contributed by atoms with van der Waals surface area (Å²) in [5, 5.41) is 11.7. The molecular weight excluding hydrogens is 228 g/mol. The summed E-state index contributed by atoms with van der Waals surface area (Å²) in [6.45, 7) is 4.06. The third-order valence-electron chi connectivity index (χ3n) is 2.57. The quantitative estimate of drug-likeness (QED) is 0.877. The summed E-state index contributed by atoms with van der Waals surface area (Å²) in [7, 11) is 3.46. The first-order valence-electron chi connectivity index (χ1n) is 5.79. The maximum atomic E-state index is 12.2. The van der Waals surface area contributed by atoms with E-state index in [-0.39, 0.29) is 11.8 Å². The zero-order chi connectivity index (χ0) is 13.7. The van der Waals surface area contributed by atoms with Crippen LogP contribution >= 0.6 is 0 Å². The number of hydrogen-bond donors (Lipinski definition) is 1. The summed E-state index contributed by atoms with van der Waals surface area (Å²) in [5.41, 5.74) is 1.37. The topological polar surface area (TPSA) is 69.0 Å². The Balaban J connectivity index is 2.90. The van der Waals surface area contributed by atoms with Crippen LogP contribution in [0.4, 0.5) is 5.82 Å². The van der Waals surface area contributed by atoms with Crippen molar-refractivity contribution in [1.82, 2.24) is 9.88 Å². The number of anilines is 1. The fraction of sp³-hybridized carbons (Fsp3) is 0.462. The van der Waals surface area contributed by atoms with Crippen molar-refractivity contribution in [3.8, 4) is 6.07 Å². The third-order valence-corrected chi connectivity index (χ3v) is 2.57. The van der Waals surface area contributed by atoms with Crippen molar-refractivity contribution in [2.75, 3.05) is 26.0 Å². The highest BCUT2D eigenvalue weighted by Crippen LogP contribution is 2.12. The van der Waals surface area contributed by atoms with E-state index in [2.05, 4.69) is 16.4 Å². The largest absolute Gasteiger partial charge is 0.373 e. The number of carbonyl (C=O) groups is 1. The van der Waals surface area contributed by atoms with Crippen LogP contribution in [0.2, 0.25) is 0 Å². The van der Waals surface area contributed by atoms with Gasteiger partial charge in [-0.25, -0.2) is 4.98 Å². The Kier molecular flexibility index (Phi) is 4.67. The van der Waals surface area contributed by atoms with E-state index >= 15 is 0 Å². The normalized spacial score (nSPS) is 11.5. The number of nitriles is 1. The molecule has 0 aliphatic rings. The molecule has 1 rings (SSSR count). The van der Waals surface area contributed by atoms with Crippen LogP contribution in [0.1, 0.15) is 23.0 Å². The predicted molar refractivity (Wildman–Crippen MR) is 70.3 cm³/mol. The number of pyridine rings is 1. The Labute approximate surface area is 107 Å². The SMILES string of the molecule is CNc1cc(C(=O)N(C)CC(C)C#N)cc(C)n1. The molecule has 1 aromatic rings. The van der Waals surface area contributed by atoms with Gasteiger partial charge in [0.1, 0.15) is 5.82 Å². The van der Waals surface area contributed by atoms with Gasteiger partial charge in [-0.2, -0.15) is 5.26 Å². The molecule has 1 amide bonds. The molecule has 0 aliphatic heterocycles. The number of hydrogen-bond acceptors (Lipinski definition) is 4. The number of nitrogens with zero attached hydrogens (tertiary/aromatic N) is 3. The van der Waals surface area contributed by atoms with Crippen LogP contribution in [-0.4, -0.2) is 36.4 Å². The summed E-state index contributed by atoms with van der Waals surface area (Å²) in [4.78, 5) is 18.0. The molecule has 96 valence electrons. The van der Waals surface area contributed by atoms with Gasteiger partial charge in [0.2, 0.25) is 0 Å². The van der Waals surface area contributed by atoms with Crippen LogP contribution < -0.4 is 5.32 Å². The fourth-order valence-electron chi connectivity index (χ4n) is 1.68. The molecule has 0 aromatic carbocycles. The summed E-state index contributed by atoms with van der Waals surface area (Å²) in [6, 6.07) is 5.58. The fourth-order valence-corrected chi connectivity index (χ4v) is 1.68. The molecule has 5 heteroatoms. The third kappa shape index (κ3) is 3.45. The van der Waals surface area contributed by atoms with Crippen LogP contribution in [0, 0.1) is 24.2 Å². The molecule has 0 saturated carbocycles. The molecule has 1 unspecified atom stereocenters. The number of nitrogens with one attached hydrogen (secondary N) is 1. The van der Waals surface area contributed by atoms with Crippen molar-refractivity contribution in [2.45, 2.75) is 13.8 Å². The van der Waals surface area contributed by atoms with Gasteiger partial charge in [0.15, 0.2) is 0 Å². The summed E-state index contributed by atoms with van der Waals surface area (Å²) in [5.74, 6) is 0.393. The van der Waals surface area contributed by atoms with Gasteiger partial charge in [-0.1, -0.05) is 0 Å². The molecule has 1 aromatic heterocycles. The molecular formula is C13H18N4O. The lowest BCUT2D eigenvalue weighted by atomic mass is 10.1. The summed E-state index contributed by atoms with van der Waals surface area (Å²) >= 11 is 0. The van der Waals surface area contributed by atoms with E-state index in [0.29, 0.717) is 17.9 Å². The lowest BCUT2D eigenvalue weighted by molar-refractivity contribution is 0.0785. The van der Waals surface area contributed by atoms with Gasteiger partial charge in [-0.15, -0.1) is 0 Å². The number of aryl methyl sites for hydroxylation is 1. The van der Waals surface area contributed by atoms with E-state index < -0.39 is 0 Å². The van der Waals surface area contributed by atoms with Crippen molar-refractivity contribution >= 4 is 11.7 Å². The lowest BCUT2D eigenvalue weighted by Gasteiger charge is -2.18. The average molecular weight is 246 g/mol. The Morgan fingerprint density at radius 2 is 2.28 bits per heavy atom. The molecule has 0 bridgehead atoms. The predicted octanol–water partition coefficient (Wildman–Crippen LogP) is 1.66. The maximum Gasteiger partial charge on any atom is 0.253 e. The monoisotopic (exact) mass is 246 g/mol. The van der Waals surface area contributed by atoms with E-state index in [4.69, 9.17) is 5.26 Å². The molecule has 1 atom stereocenters. The van der Waals surface area contributed by atoms with E-state index in [0.717, 1.165) is 5.69 Å². The molecule has 0 radical (unpaired) electrons. The second kappa shape index (κ2) is 6.01. The maximum absolute atomic E-state index is 12.2. The second-order valence-electron chi connectivity index (χ2n) is 4.35. The molecule has 0 fully saturated rings. The summed E-state index contributed by atoms with van der Waals surface area (Å²) in [6.07, 6.45) is 0. The molecule has 0 saturated heterocycles. The van der Waals surface area contributed by atoms with Crippen molar-refractivity contribution in [3.63, 3.8) is 0 Å². The van der Waals surface area contributed by atoms with Gasteiger partial charge in [0.05, 0.1) is 12.0 Å². The van der Waals surface area contributed by atoms with Crippen molar-refractivity contribution < 1.29 is 4.79 Å². The van der Waals surface area contributed by atoms with Crippen LogP contribution in [0.15, 0.2) is 12.1 Å². The van der Waals surface area contributed by atoms with Crippen LogP contribution in [0.3, 0.4) is 0 Å². The van der Waals surface area contributed by atoms with E-state index in [1.54, 1.807) is 38.1 Å². The van der Waals surface area contributed by atoms with E-state index in [1.807, 2.05) is 6.92 Å². The van der Waals surface area contributed by atoms with Crippen molar-refractivity contribution in [3.05, 3.63) is 23.4 Å². The zero-order valence-electron chi connectivity index (χ0n) is 11.2. The Morgan fingerprint density at radius 1 is 1.61 bits per heavy atom. The molecule has 1 heterocycles. The average Bonchev–Trinajstić information content (AvgIpc) is 2.36. The standard InChI is InChI=1S/C13H18N4O/c1-9(7-14)8-17(4)13(18)11-5-10(2)16-12(6-11)15-3/h5-6,9H,8H2,1-4H3,(H,15,16). The first kappa shape index (κ1) is 14.0. The lowest BCUT2D eigenvalue weighted by Crippen LogP contribution is -2.30. The van der Waals surface area contributed by atoms with Gasteiger partial charge in [-0.05, 0) is 26.0 Å². The van der Waals surface area contributed by atoms with Crippen LogP contribution in [-0.2, 0) is 0 Å². The highest BCUT2D eigenvalue weighted by Gasteiger charge is 2.15.